The molecule has 0 fully saturated rings. The standard InChI is InChI=1S/C17H16BrIN5O4S/c1-27-15-11(4-3-7-20)17(28-2)23-14(8-19-15)24-29(25,26)12-9-21-16-10(12)5-6-13(18)22-16/h5-6,8-9,24H,3-4H2,1-2H3,(H,21,22)/q-1. The van der Waals surface area contributed by atoms with Gasteiger partial charge in [0.25, 0.3) is 0 Å². The number of aromatic nitrogens is 2. The maximum atomic E-state index is 13.0. The van der Waals surface area contributed by atoms with Gasteiger partial charge in [0.2, 0.25) is 0 Å². The van der Waals surface area contributed by atoms with Crippen LogP contribution in [0.3, 0.4) is 0 Å². The number of nitrogens with zero attached hydrogens (tertiary/aromatic N) is 3. The fourth-order valence-corrected chi connectivity index (χ4v) is 6.27. The quantitative estimate of drug-likeness (QED) is 0.350. The summed E-state index contributed by atoms with van der Waals surface area (Å²) in [6, 6.07) is 5.42. The molecule has 0 atom stereocenters. The van der Waals surface area contributed by atoms with E-state index in [0.29, 0.717) is 31.4 Å². The molecule has 9 nitrogen and oxygen atoms in total. The van der Waals surface area contributed by atoms with E-state index in [9.17, 15) is 8.42 Å². The number of hydrogen-bond acceptors (Lipinski definition) is 7. The van der Waals surface area contributed by atoms with Crippen molar-refractivity contribution in [3.63, 3.8) is 0 Å². The van der Waals surface area contributed by atoms with Crippen LogP contribution in [-0.4, -0.2) is 38.5 Å². The molecule has 3 heterocycles. The number of aromatic amines is 1. The van der Waals surface area contributed by atoms with Crippen molar-refractivity contribution in [3.8, 4) is 6.07 Å². The van der Waals surface area contributed by atoms with E-state index in [1.54, 1.807) is 16.2 Å². The van der Waals surface area contributed by atoms with Crippen LogP contribution in [0.2, 0.25) is 0 Å². The van der Waals surface area contributed by atoms with Gasteiger partial charge in [-0.15, -0.1) is 0 Å². The molecule has 0 saturated heterocycles. The molecule has 0 aliphatic carbocycles. The summed E-state index contributed by atoms with van der Waals surface area (Å²) in [5.41, 5.74) is 1.13. The van der Waals surface area contributed by atoms with Gasteiger partial charge >= 0.3 is 187 Å². The molecule has 3 rings (SSSR count). The van der Waals surface area contributed by atoms with Crippen molar-refractivity contribution in [1.82, 2.24) is 14.7 Å². The average molecular weight is 593 g/mol. The molecular weight excluding hydrogens is 577 g/mol. The third kappa shape index (κ3) is 4.73. The Hall–Kier alpha value is -2.11. The number of halogens is 2. The van der Waals surface area contributed by atoms with Crippen molar-refractivity contribution in [3.05, 3.63) is 42.2 Å². The van der Waals surface area contributed by atoms with Gasteiger partial charge in [-0.25, -0.2) is 0 Å². The van der Waals surface area contributed by atoms with Gasteiger partial charge < -0.3 is 0 Å². The Bertz CT molecular complexity index is 1180. The molecule has 2 N–H and O–H groups in total. The van der Waals surface area contributed by atoms with Gasteiger partial charge in [-0.05, 0) is 0 Å². The average Bonchev–Trinajstić information content (AvgIpc) is 3.04. The molecule has 0 saturated carbocycles. The Morgan fingerprint density at radius 1 is 1.34 bits per heavy atom. The van der Waals surface area contributed by atoms with E-state index >= 15 is 0 Å². The van der Waals surface area contributed by atoms with Crippen molar-refractivity contribution < 1.29 is 39.1 Å². The summed E-state index contributed by atoms with van der Waals surface area (Å²) in [6.45, 7) is 0. The van der Waals surface area contributed by atoms with Crippen molar-refractivity contribution in [1.29, 1.82) is 5.26 Å². The minimum absolute atomic E-state index is 0.0645. The van der Waals surface area contributed by atoms with Crippen LogP contribution >= 0.6 is 15.9 Å². The van der Waals surface area contributed by atoms with Crippen LogP contribution in [0, 0.1) is 11.3 Å². The number of methoxy groups -OCH3 is 2. The van der Waals surface area contributed by atoms with E-state index in [1.165, 1.54) is 20.4 Å². The molecular formula is C17H16BrIN5O4S-. The van der Waals surface area contributed by atoms with E-state index in [-0.39, 0.29) is 23.0 Å². The topological polar surface area (TPSA) is 129 Å². The Kier molecular flexibility index (Phi) is 6.81. The number of pyridine rings is 1. The zero-order valence-electron chi connectivity index (χ0n) is 15.4. The van der Waals surface area contributed by atoms with Crippen LogP contribution in [0.5, 0.6) is 0 Å². The number of nitrogens with one attached hydrogen (secondary N) is 2. The zero-order valence-corrected chi connectivity index (χ0v) is 19.9. The van der Waals surface area contributed by atoms with Crippen molar-refractivity contribution in [2.24, 2.45) is 4.99 Å². The number of aliphatic imine (C=N–C) groups is 1. The zero-order chi connectivity index (χ0) is 21.0. The van der Waals surface area contributed by atoms with Crippen LogP contribution in [0.15, 0.2) is 52.1 Å². The second kappa shape index (κ2) is 9.14. The van der Waals surface area contributed by atoms with Gasteiger partial charge in [-0.1, -0.05) is 0 Å². The minimum atomic E-state index is -3.92. The van der Waals surface area contributed by atoms with Gasteiger partial charge in [0.05, 0.1) is 0 Å². The number of H-pyrrole nitrogens is 1. The second-order valence-corrected chi connectivity index (χ2v) is 10.3. The molecule has 0 radical (unpaired) electrons. The van der Waals surface area contributed by atoms with Crippen LogP contribution < -0.4 is 25.9 Å². The van der Waals surface area contributed by atoms with Gasteiger partial charge in [0.15, 0.2) is 0 Å². The molecule has 154 valence electrons. The number of hydrogen-bond donors (Lipinski definition) is 2. The summed E-state index contributed by atoms with van der Waals surface area (Å²) >= 11 is 2.44. The number of nitriles is 1. The van der Waals surface area contributed by atoms with E-state index < -0.39 is 31.2 Å². The Morgan fingerprint density at radius 3 is 2.83 bits per heavy atom. The molecule has 2 aromatic heterocycles. The Labute approximate surface area is 186 Å². The summed E-state index contributed by atoms with van der Waals surface area (Å²) < 4.78 is 42.2. The molecule has 0 spiro atoms. The molecule has 0 unspecified atom stereocenters. The van der Waals surface area contributed by atoms with Gasteiger partial charge in [-0.2, -0.15) is 0 Å². The van der Waals surface area contributed by atoms with Crippen molar-refractivity contribution in [2.75, 3.05) is 14.2 Å². The fourth-order valence-electron chi connectivity index (χ4n) is 2.59. The van der Waals surface area contributed by atoms with E-state index in [4.69, 9.17) is 14.7 Å². The Balaban J connectivity index is 1.94. The molecule has 1 aliphatic rings. The van der Waals surface area contributed by atoms with Gasteiger partial charge in [-0.3, -0.25) is 0 Å². The molecule has 1 aliphatic heterocycles. The fraction of sp³-hybridized carbons (Fsp3) is 0.235. The second-order valence-electron chi connectivity index (χ2n) is 5.63. The first-order valence-electron chi connectivity index (χ1n) is 8.16. The van der Waals surface area contributed by atoms with Crippen molar-refractivity contribution >= 4 is 42.9 Å². The molecule has 29 heavy (non-hydrogen) atoms. The number of fused-ring (bicyclic) bond motifs is 1. The van der Waals surface area contributed by atoms with Crippen molar-refractivity contribution in [2.45, 2.75) is 17.7 Å². The summed E-state index contributed by atoms with van der Waals surface area (Å²) in [7, 11) is -0.946. The number of ether oxygens (including phenoxy) is 2. The Morgan fingerprint density at radius 2 is 2.14 bits per heavy atom. The normalized spacial score (nSPS) is 15.0. The monoisotopic (exact) mass is 592 g/mol. The molecule has 0 amide bonds. The van der Waals surface area contributed by atoms with Gasteiger partial charge in [0.1, 0.15) is 0 Å². The summed E-state index contributed by atoms with van der Waals surface area (Å²) in [4.78, 5) is 11.5. The number of sulfonamides is 1. The number of rotatable bonds is 6. The predicted octanol–water partition coefficient (Wildman–Crippen LogP) is -0.288. The van der Waals surface area contributed by atoms with E-state index in [0.717, 1.165) is 0 Å². The summed E-state index contributed by atoms with van der Waals surface area (Å²) in [5.74, 6) is 0.378. The molecule has 0 aromatic carbocycles. The van der Waals surface area contributed by atoms with Crippen LogP contribution in [-0.2, 0) is 19.5 Å². The maximum absolute atomic E-state index is 13.0. The first kappa shape index (κ1) is 21.6. The predicted molar refractivity (Wildman–Crippen MR) is 106 cm³/mol. The molecule has 2 aromatic rings. The molecule has 12 heteroatoms. The van der Waals surface area contributed by atoms with Crippen LogP contribution in [0.25, 0.3) is 11.0 Å². The van der Waals surface area contributed by atoms with E-state index in [1.807, 2.05) is 0 Å². The van der Waals surface area contributed by atoms with Gasteiger partial charge in [0, 0.05) is 0 Å². The molecule has 0 bridgehead atoms. The first-order chi connectivity index (χ1) is 13.9. The van der Waals surface area contributed by atoms with Crippen LogP contribution in [0.4, 0.5) is 0 Å². The third-order valence-electron chi connectivity index (χ3n) is 3.83. The first-order valence-corrected chi connectivity index (χ1v) is 12.8. The summed E-state index contributed by atoms with van der Waals surface area (Å²) in [5, 5.41) is 9.36. The SMILES string of the molecule is COC1=NC(NS(=O)(=O)c2c[nH]c3nc(Br)ccc23)=C[I-]C(OC)=C1CCC#N. The van der Waals surface area contributed by atoms with E-state index in [2.05, 4.69) is 41.7 Å². The summed E-state index contributed by atoms with van der Waals surface area (Å²) in [6.07, 6.45) is 2.06. The van der Waals surface area contributed by atoms with Crippen LogP contribution in [0.1, 0.15) is 12.8 Å². The third-order valence-corrected chi connectivity index (χ3v) is 8.22.